The Balaban J connectivity index is 2.09. The van der Waals surface area contributed by atoms with E-state index in [1.165, 1.54) is 11.1 Å². The predicted octanol–water partition coefficient (Wildman–Crippen LogP) is 2.84. The summed E-state index contributed by atoms with van der Waals surface area (Å²) in [7, 11) is 0. The number of nitrogens with zero attached hydrogens (tertiary/aromatic N) is 2. The lowest BCUT2D eigenvalue weighted by atomic mass is 10.1. The Morgan fingerprint density at radius 3 is 2.56 bits per heavy atom. The first kappa shape index (κ1) is 18.4. The molecule has 0 bridgehead atoms. The monoisotopic (exact) mass is 342 g/mol. The molecule has 0 aliphatic heterocycles. The Kier molecular flexibility index (Phi) is 6.51. The van der Waals surface area contributed by atoms with Crippen LogP contribution in [0.2, 0.25) is 0 Å². The molecule has 0 saturated heterocycles. The molecule has 1 heterocycles. The number of aromatic nitrogens is 1. The first-order chi connectivity index (χ1) is 12.0. The fourth-order valence-electron chi connectivity index (χ4n) is 2.36. The summed E-state index contributed by atoms with van der Waals surface area (Å²) in [6.45, 7) is 4.25. The molecule has 0 aliphatic carbocycles. The molecule has 0 unspecified atom stereocenters. The summed E-state index contributed by atoms with van der Waals surface area (Å²) in [5.74, 6) is -0.889. The molecule has 0 radical (unpaired) electrons. The zero-order chi connectivity index (χ0) is 18.2. The van der Waals surface area contributed by atoms with Crippen LogP contribution in [-0.2, 0) is 11.4 Å². The Labute approximate surface area is 147 Å². The maximum absolute atomic E-state index is 12.6. The Hall–Kier alpha value is -2.89. The van der Waals surface area contributed by atoms with Crippen LogP contribution in [0.15, 0.2) is 48.7 Å². The van der Waals surface area contributed by atoms with Crippen LogP contribution in [0.3, 0.4) is 0 Å². The maximum atomic E-state index is 12.6. The van der Waals surface area contributed by atoms with Crippen molar-refractivity contribution in [1.29, 1.82) is 0 Å². The zero-order valence-electron chi connectivity index (χ0n) is 14.4. The third-order valence-electron chi connectivity index (χ3n) is 3.41. The van der Waals surface area contributed by atoms with E-state index in [0.29, 0.717) is 24.6 Å². The van der Waals surface area contributed by atoms with E-state index < -0.39 is 5.97 Å². The van der Waals surface area contributed by atoms with E-state index in [2.05, 4.69) is 4.98 Å². The second-order valence-electron chi connectivity index (χ2n) is 6.13. The number of aliphatic carboxylic acids is 1. The van der Waals surface area contributed by atoms with Crippen LogP contribution in [0.1, 0.15) is 29.8 Å². The molecule has 2 aromatic rings. The number of hydrogen-bond donors (Lipinski definition) is 1. The summed E-state index contributed by atoms with van der Waals surface area (Å²) in [5, 5.41) is 9.03. The Morgan fingerprint density at radius 1 is 1.20 bits per heavy atom. The van der Waals surface area contributed by atoms with Crippen molar-refractivity contribution >= 4 is 11.9 Å². The second-order valence-corrected chi connectivity index (χ2v) is 6.13. The maximum Gasteiger partial charge on any atom is 0.323 e. The molecule has 25 heavy (non-hydrogen) atoms. The van der Waals surface area contributed by atoms with Gasteiger partial charge in [-0.05, 0) is 17.5 Å². The van der Waals surface area contributed by atoms with Crippen molar-refractivity contribution in [2.24, 2.45) is 5.92 Å². The lowest BCUT2D eigenvalue weighted by molar-refractivity contribution is -0.137. The first-order valence-electron chi connectivity index (χ1n) is 8.09. The van der Waals surface area contributed by atoms with E-state index in [1.54, 1.807) is 12.1 Å². The van der Waals surface area contributed by atoms with Gasteiger partial charge in [-0.2, -0.15) is 0 Å². The third kappa shape index (κ3) is 5.91. The summed E-state index contributed by atoms with van der Waals surface area (Å²) in [4.78, 5) is 29.1. The minimum absolute atomic E-state index is 0.166. The Bertz CT molecular complexity index is 716. The van der Waals surface area contributed by atoms with Gasteiger partial charge in [0.1, 0.15) is 13.2 Å². The molecule has 0 atom stereocenters. The number of pyridine rings is 1. The van der Waals surface area contributed by atoms with E-state index in [4.69, 9.17) is 9.84 Å². The fraction of sp³-hybridized carbons (Fsp3) is 0.316. The smallest absolute Gasteiger partial charge is 0.323 e. The van der Waals surface area contributed by atoms with Gasteiger partial charge in [0.05, 0.1) is 0 Å². The van der Waals surface area contributed by atoms with Gasteiger partial charge in [0.2, 0.25) is 5.88 Å². The van der Waals surface area contributed by atoms with Gasteiger partial charge in [-0.3, -0.25) is 9.59 Å². The molecule has 6 heteroatoms. The molecule has 1 aromatic heterocycles. The quantitative estimate of drug-likeness (QED) is 0.798. The van der Waals surface area contributed by atoms with Gasteiger partial charge in [-0.25, -0.2) is 4.98 Å². The summed E-state index contributed by atoms with van der Waals surface area (Å²) < 4.78 is 5.63. The minimum atomic E-state index is -1.04. The summed E-state index contributed by atoms with van der Waals surface area (Å²) in [6, 6.07) is 12.7. The second kappa shape index (κ2) is 8.82. The molecule has 0 spiro atoms. The molecule has 0 saturated carbocycles. The number of carboxylic acids is 1. The molecular weight excluding hydrogens is 320 g/mol. The van der Waals surface area contributed by atoms with Crippen molar-refractivity contribution in [2.45, 2.75) is 20.5 Å². The molecular formula is C19H22N2O4. The van der Waals surface area contributed by atoms with Crippen molar-refractivity contribution < 1.29 is 19.4 Å². The SMILES string of the molecule is CC(C)CN(CC(=O)O)C(=O)c1ccnc(OCc2ccccc2)c1. The molecule has 0 fully saturated rings. The molecule has 1 amide bonds. The van der Waals surface area contributed by atoms with E-state index >= 15 is 0 Å². The molecule has 1 aromatic carbocycles. The molecule has 0 aliphatic rings. The number of carbonyl (C=O) groups is 2. The minimum Gasteiger partial charge on any atom is -0.480 e. The highest BCUT2D eigenvalue weighted by Gasteiger charge is 2.20. The van der Waals surface area contributed by atoms with Crippen LogP contribution in [0.5, 0.6) is 5.88 Å². The lowest BCUT2D eigenvalue weighted by Gasteiger charge is -2.22. The Morgan fingerprint density at radius 2 is 1.92 bits per heavy atom. The summed E-state index contributed by atoms with van der Waals surface area (Å²) >= 11 is 0. The van der Waals surface area contributed by atoms with Crippen molar-refractivity contribution in [3.8, 4) is 5.88 Å². The standard InChI is InChI=1S/C19H22N2O4/c1-14(2)11-21(12-18(22)23)19(24)16-8-9-20-17(10-16)25-13-15-6-4-3-5-7-15/h3-10,14H,11-13H2,1-2H3,(H,22,23). The number of carboxylic acid groups (broad SMARTS) is 1. The van der Waals surface area contributed by atoms with Crippen molar-refractivity contribution in [3.05, 3.63) is 59.8 Å². The zero-order valence-corrected chi connectivity index (χ0v) is 14.4. The van der Waals surface area contributed by atoms with E-state index in [0.717, 1.165) is 5.56 Å². The van der Waals surface area contributed by atoms with Crippen LogP contribution in [-0.4, -0.2) is 40.0 Å². The number of hydrogen-bond acceptors (Lipinski definition) is 4. The van der Waals surface area contributed by atoms with Gasteiger partial charge in [0.15, 0.2) is 0 Å². The van der Waals surface area contributed by atoms with Crippen LogP contribution >= 0.6 is 0 Å². The van der Waals surface area contributed by atoms with Gasteiger partial charge < -0.3 is 14.7 Å². The predicted molar refractivity (Wildman–Crippen MR) is 93.4 cm³/mol. The van der Waals surface area contributed by atoms with Crippen LogP contribution in [0, 0.1) is 5.92 Å². The van der Waals surface area contributed by atoms with Crippen LogP contribution in [0.25, 0.3) is 0 Å². The van der Waals surface area contributed by atoms with Gasteiger partial charge in [-0.1, -0.05) is 44.2 Å². The molecule has 2 rings (SSSR count). The van der Waals surface area contributed by atoms with Crippen LogP contribution in [0.4, 0.5) is 0 Å². The van der Waals surface area contributed by atoms with Crippen LogP contribution < -0.4 is 4.74 Å². The average Bonchev–Trinajstić information content (AvgIpc) is 2.59. The van der Waals surface area contributed by atoms with E-state index in [1.807, 2.05) is 44.2 Å². The van der Waals surface area contributed by atoms with E-state index in [9.17, 15) is 9.59 Å². The van der Waals surface area contributed by atoms with E-state index in [-0.39, 0.29) is 18.4 Å². The summed E-state index contributed by atoms with van der Waals surface area (Å²) in [6.07, 6.45) is 1.49. The topological polar surface area (TPSA) is 79.7 Å². The van der Waals surface area contributed by atoms with Crippen molar-refractivity contribution in [1.82, 2.24) is 9.88 Å². The van der Waals surface area contributed by atoms with Gasteiger partial charge >= 0.3 is 5.97 Å². The normalized spacial score (nSPS) is 10.5. The first-order valence-corrected chi connectivity index (χ1v) is 8.09. The van der Waals surface area contributed by atoms with Gasteiger partial charge in [0, 0.05) is 24.4 Å². The highest BCUT2D eigenvalue weighted by atomic mass is 16.5. The summed E-state index contributed by atoms with van der Waals surface area (Å²) in [5.41, 5.74) is 1.35. The molecule has 132 valence electrons. The number of benzene rings is 1. The molecule has 1 N–H and O–H groups in total. The molecule has 6 nitrogen and oxygen atoms in total. The lowest BCUT2D eigenvalue weighted by Crippen LogP contribution is -2.38. The number of amides is 1. The van der Waals surface area contributed by atoms with Crippen molar-refractivity contribution in [3.63, 3.8) is 0 Å². The largest absolute Gasteiger partial charge is 0.480 e. The highest BCUT2D eigenvalue weighted by Crippen LogP contribution is 2.14. The van der Waals surface area contributed by atoms with Gasteiger partial charge in [-0.15, -0.1) is 0 Å². The third-order valence-corrected chi connectivity index (χ3v) is 3.41. The number of ether oxygens (including phenoxy) is 1. The average molecular weight is 342 g/mol. The highest BCUT2D eigenvalue weighted by molar-refractivity contribution is 5.96. The van der Waals surface area contributed by atoms with Gasteiger partial charge in [0.25, 0.3) is 5.91 Å². The van der Waals surface area contributed by atoms with Crippen molar-refractivity contribution in [2.75, 3.05) is 13.1 Å². The fourth-order valence-corrected chi connectivity index (χ4v) is 2.36. The number of rotatable bonds is 8. The number of carbonyl (C=O) groups excluding carboxylic acids is 1.